The molecule has 1 heterocycles. The topological polar surface area (TPSA) is 71.2 Å². The molecule has 3 saturated carbocycles. The molecule has 0 aliphatic heterocycles. The van der Waals surface area contributed by atoms with Crippen molar-refractivity contribution >= 4 is 0 Å². The highest BCUT2D eigenvalue weighted by atomic mass is 16.3. The number of hydrogen-bond donors (Lipinski definition) is 2. The van der Waals surface area contributed by atoms with Crippen molar-refractivity contribution in [2.45, 2.75) is 89.4 Å². The molecule has 1 aromatic rings. The molecule has 5 rings (SSSR count). The van der Waals surface area contributed by atoms with Gasteiger partial charge in [0, 0.05) is 0 Å². The average Bonchev–Trinajstić information content (AvgIpc) is 3.33. The molecule has 5 nitrogen and oxygen atoms in total. The summed E-state index contributed by atoms with van der Waals surface area (Å²) in [7, 11) is 0. The van der Waals surface area contributed by atoms with Crippen molar-refractivity contribution in [2.24, 2.45) is 29.6 Å². The maximum Gasteiger partial charge on any atom is 0.115 e. The summed E-state index contributed by atoms with van der Waals surface area (Å²) in [6.45, 7) is 4.31. The van der Waals surface area contributed by atoms with E-state index in [2.05, 4.69) is 30.2 Å². The van der Waals surface area contributed by atoms with E-state index in [9.17, 15) is 10.2 Å². The molecule has 154 valence electrons. The molecule has 8 unspecified atom stereocenters. The Hall–Kier alpha value is -1.20. The summed E-state index contributed by atoms with van der Waals surface area (Å²) in [5, 5.41) is 30.5. The fraction of sp³-hybridized carbons (Fsp3) is 0.826. The number of nitrogens with zero attached hydrogens (tertiary/aromatic N) is 3. The van der Waals surface area contributed by atoms with Crippen LogP contribution in [0.5, 0.6) is 0 Å². The van der Waals surface area contributed by atoms with E-state index in [0.29, 0.717) is 29.7 Å². The van der Waals surface area contributed by atoms with Crippen LogP contribution in [0.3, 0.4) is 0 Å². The van der Waals surface area contributed by atoms with Gasteiger partial charge in [0.05, 0.1) is 18.3 Å². The van der Waals surface area contributed by atoms with Gasteiger partial charge in [0.2, 0.25) is 0 Å². The van der Waals surface area contributed by atoms with E-state index in [0.717, 1.165) is 63.0 Å². The van der Waals surface area contributed by atoms with Crippen LogP contribution >= 0.6 is 0 Å². The SMILES string of the molecule is CCC(C)n1cc(C2(O)CCC3C4CC=C5CC(O)CCC5C4CCC32)nn1. The molecule has 3 fully saturated rings. The van der Waals surface area contributed by atoms with Crippen molar-refractivity contribution in [3.05, 3.63) is 23.5 Å². The maximum absolute atomic E-state index is 11.7. The number of rotatable bonds is 3. The summed E-state index contributed by atoms with van der Waals surface area (Å²) >= 11 is 0. The fourth-order valence-corrected chi connectivity index (χ4v) is 7.14. The normalized spacial score (nSPS) is 43.6. The lowest BCUT2D eigenvalue weighted by atomic mass is 9.56. The lowest BCUT2D eigenvalue weighted by Gasteiger charge is -2.50. The Morgan fingerprint density at radius 3 is 2.86 bits per heavy atom. The molecule has 28 heavy (non-hydrogen) atoms. The van der Waals surface area contributed by atoms with Gasteiger partial charge in [-0.2, -0.15) is 0 Å². The first kappa shape index (κ1) is 18.8. The summed E-state index contributed by atoms with van der Waals surface area (Å²) < 4.78 is 1.93. The van der Waals surface area contributed by atoms with Crippen LogP contribution in [0, 0.1) is 29.6 Å². The van der Waals surface area contributed by atoms with Crippen LogP contribution in [0.25, 0.3) is 0 Å². The zero-order valence-corrected chi connectivity index (χ0v) is 17.3. The Morgan fingerprint density at radius 2 is 2.04 bits per heavy atom. The van der Waals surface area contributed by atoms with Gasteiger partial charge in [-0.3, -0.25) is 0 Å². The molecule has 4 aliphatic rings. The van der Waals surface area contributed by atoms with Gasteiger partial charge in [-0.1, -0.05) is 23.8 Å². The third kappa shape index (κ3) is 2.80. The van der Waals surface area contributed by atoms with Crippen LogP contribution < -0.4 is 0 Å². The number of aliphatic hydroxyl groups excluding tert-OH is 1. The maximum atomic E-state index is 11.7. The van der Waals surface area contributed by atoms with Crippen molar-refractivity contribution in [3.63, 3.8) is 0 Å². The largest absolute Gasteiger partial charge is 0.393 e. The highest BCUT2D eigenvalue weighted by Crippen LogP contribution is 2.60. The monoisotopic (exact) mass is 385 g/mol. The van der Waals surface area contributed by atoms with Crippen molar-refractivity contribution in [1.82, 2.24) is 15.0 Å². The minimum Gasteiger partial charge on any atom is -0.393 e. The molecule has 4 aliphatic carbocycles. The second kappa shape index (κ2) is 6.94. The molecular weight excluding hydrogens is 350 g/mol. The lowest BCUT2D eigenvalue weighted by Crippen LogP contribution is -2.45. The average molecular weight is 386 g/mol. The minimum atomic E-state index is -0.798. The third-order valence-electron chi connectivity index (χ3n) is 8.82. The standard InChI is InChI=1S/C23H35N3O2/c1-3-14(2)26-13-22(24-25-26)23(28)11-10-20-19-6-4-15-12-16(27)5-7-17(15)18(19)8-9-21(20)23/h4,13-14,16-21,27-28H,3,5-12H2,1-2H3. The Balaban J connectivity index is 1.38. The highest BCUT2D eigenvalue weighted by molar-refractivity contribution is 5.22. The number of allylic oxidation sites excluding steroid dienone is 1. The van der Waals surface area contributed by atoms with E-state index < -0.39 is 5.60 Å². The van der Waals surface area contributed by atoms with Crippen LogP contribution in [-0.4, -0.2) is 31.3 Å². The first-order valence-electron chi connectivity index (χ1n) is 11.5. The van der Waals surface area contributed by atoms with Gasteiger partial charge in [0.15, 0.2) is 0 Å². The summed E-state index contributed by atoms with van der Waals surface area (Å²) in [5.74, 6) is 3.05. The summed E-state index contributed by atoms with van der Waals surface area (Å²) in [5.41, 5.74) is 1.53. The zero-order chi connectivity index (χ0) is 19.5. The van der Waals surface area contributed by atoms with Gasteiger partial charge in [-0.25, -0.2) is 4.68 Å². The van der Waals surface area contributed by atoms with Crippen LogP contribution in [-0.2, 0) is 5.60 Å². The lowest BCUT2D eigenvalue weighted by molar-refractivity contribution is -0.0577. The predicted octanol–water partition coefficient (Wildman–Crippen LogP) is 3.98. The van der Waals surface area contributed by atoms with E-state index >= 15 is 0 Å². The molecule has 0 radical (unpaired) electrons. The highest BCUT2D eigenvalue weighted by Gasteiger charge is 2.56. The minimum absolute atomic E-state index is 0.125. The van der Waals surface area contributed by atoms with Crippen LogP contribution in [0.1, 0.15) is 83.4 Å². The van der Waals surface area contributed by atoms with E-state index in [1.54, 1.807) is 0 Å². The van der Waals surface area contributed by atoms with Crippen molar-refractivity contribution in [1.29, 1.82) is 0 Å². The van der Waals surface area contributed by atoms with Gasteiger partial charge in [0.1, 0.15) is 11.3 Å². The molecule has 0 saturated heterocycles. The van der Waals surface area contributed by atoms with E-state index in [1.807, 2.05) is 10.9 Å². The second-order valence-electron chi connectivity index (χ2n) is 10.0. The van der Waals surface area contributed by atoms with Crippen LogP contribution in [0.15, 0.2) is 17.8 Å². The van der Waals surface area contributed by atoms with Gasteiger partial charge >= 0.3 is 0 Å². The van der Waals surface area contributed by atoms with Gasteiger partial charge in [0.25, 0.3) is 0 Å². The summed E-state index contributed by atoms with van der Waals surface area (Å²) in [6, 6.07) is 0.321. The summed E-state index contributed by atoms with van der Waals surface area (Å²) in [6.07, 6.45) is 13.7. The van der Waals surface area contributed by atoms with Crippen LogP contribution in [0.4, 0.5) is 0 Å². The Morgan fingerprint density at radius 1 is 1.18 bits per heavy atom. The van der Waals surface area contributed by atoms with Gasteiger partial charge < -0.3 is 10.2 Å². The number of aromatic nitrogens is 3. The Bertz CT molecular complexity index is 759. The fourth-order valence-electron chi connectivity index (χ4n) is 7.14. The molecule has 1 aromatic heterocycles. The smallest absolute Gasteiger partial charge is 0.115 e. The molecule has 0 bridgehead atoms. The van der Waals surface area contributed by atoms with Crippen molar-refractivity contribution in [3.8, 4) is 0 Å². The Labute approximate surface area is 168 Å². The molecule has 0 spiro atoms. The van der Waals surface area contributed by atoms with Crippen molar-refractivity contribution in [2.75, 3.05) is 0 Å². The van der Waals surface area contributed by atoms with E-state index in [-0.39, 0.29) is 6.10 Å². The number of aliphatic hydroxyl groups is 2. The van der Waals surface area contributed by atoms with Crippen LogP contribution in [0.2, 0.25) is 0 Å². The van der Waals surface area contributed by atoms with Gasteiger partial charge in [-0.05, 0) is 94.3 Å². The second-order valence-corrected chi connectivity index (χ2v) is 10.0. The molecule has 2 N–H and O–H groups in total. The molecule has 0 aromatic carbocycles. The van der Waals surface area contributed by atoms with E-state index in [1.165, 1.54) is 12.0 Å². The first-order valence-corrected chi connectivity index (χ1v) is 11.5. The molecule has 5 heteroatoms. The molecule has 8 atom stereocenters. The zero-order valence-electron chi connectivity index (χ0n) is 17.3. The first-order chi connectivity index (χ1) is 13.5. The molecular formula is C23H35N3O2. The third-order valence-corrected chi connectivity index (χ3v) is 8.82. The molecule has 0 amide bonds. The Kier molecular flexibility index (Phi) is 4.66. The number of hydrogen-bond acceptors (Lipinski definition) is 4. The van der Waals surface area contributed by atoms with Crippen molar-refractivity contribution < 1.29 is 10.2 Å². The predicted molar refractivity (Wildman–Crippen MR) is 107 cm³/mol. The quantitative estimate of drug-likeness (QED) is 0.772. The number of fused-ring (bicyclic) bond motifs is 5. The van der Waals surface area contributed by atoms with Gasteiger partial charge in [-0.15, -0.1) is 5.10 Å². The van der Waals surface area contributed by atoms with E-state index in [4.69, 9.17) is 0 Å². The summed E-state index contributed by atoms with van der Waals surface area (Å²) in [4.78, 5) is 0.